The Morgan fingerprint density at radius 1 is 1.13 bits per heavy atom. The second-order valence-electron chi connectivity index (χ2n) is 9.82. The maximum Gasteiger partial charge on any atom is 0.131 e. The molecule has 1 aromatic rings. The third kappa shape index (κ3) is 7.86. The van der Waals surface area contributed by atoms with Gasteiger partial charge in [0, 0.05) is 5.56 Å². The summed E-state index contributed by atoms with van der Waals surface area (Å²) in [5.41, 5.74) is 3.11. The van der Waals surface area contributed by atoms with Crippen LogP contribution >= 0.6 is 0 Å². The number of fused-ring (bicyclic) bond motifs is 1. The molecule has 1 aliphatic heterocycles. The van der Waals surface area contributed by atoms with Crippen LogP contribution in [0.3, 0.4) is 0 Å². The molecule has 4 nitrogen and oxygen atoms in total. The zero-order valence-electron chi connectivity index (χ0n) is 20.0. The minimum absolute atomic E-state index is 0.268. The van der Waals surface area contributed by atoms with Gasteiger partial charge in [-0.15, -0.1) is 0 Å². The maximum atomic E-state index is 9.94. The van der Waals surface area contributed by atoms with Crippen LogP contribution in [0.1, 0.15) is 84.3 Å². The molecule has 0 fully saturated rings. The highest BCUT2D eigenvalue weighted by atomic mass is 16.5. The first-order chi connectivity index (χ1) is 14.4. The van der Waals surface area contributed by atoms with Crippen LogP contribution < -0.4 is 4.74 Å². The van der Waals surface area contributed by atoms with E-state index in [9.17, 15) is 15.3 Å². The molecule has 0 spiro atoms. The second kappa shape index (κ2) is 10.5. The van der Waals surface area contributed by atoms with Crippen molar-refractivity contribution in [2.45, 2.75) is 97.4 Å². The van der Waals surface area contributed by atoms with Gasteiger partial charge in [0.1, 0.15) is 17.1 Å². The molecular formula is C27H40O4. The number of hydrogen-bond acceptors (Lipinski definition) is 4. The van der Waals surface area contributed by atoms with Gasteiger partial charge in [-0.05, 0) is 104 Å². The molecule has 0 saturated heterocycles. The van der Waals surface area contributed by atoms with Crippen LogP contribution in [0.2, 0.25) is 0 Å². The number of phenolic OH excluding ortho intramolecular Hbond substituents is 1. The Kier molecular flexibility index (Phi) is 8.56. The molecule has 0 bridgehead atoms. The van der Waals surface area contributed by atoms with E-state index in [0.717, 1.165) is 49.0 Å². The third-order valence-electron chi connectivity index (χ3n) is 6.03. The van der Waals surface area contributed by atoms with E-state index >= 15 is 0 Å². The number of allylic oxidation sites excluding steroid dienone is 4. The van der Waals surface area contributed by atoms with Crippen molar-refractivity contribution < 1.29 is 20.1 Å². The van der Waals surface area contributed by atoms with Crippen molar-refractivity contribution >= 4 is 6.08 Å². The summed E-state index contributed by atoms with van der Waals surface area (Å²) in [7, 11) is 0. The van der Waals surface area contributed by atoms with Gasteiger partial charge >= 0.3 is 0 Å². The van der Waals surface area contributed by atoms with Crippen molar-refractivity contribution in [1.82, 2.24) is 0 Å². The van der Waals surface area contributed by atoms with Gasteiger partial charge < -0.3 is 20.1 Å². The summed E-state index contributed by atoms with van der Waals surface area (Å²) < 4.78 is 6.29. The zero-order valence-corrected chi connectivity index (χ0v) is 20.0. The number of ether oxygens (including phenoxy) is 1. The van der Waals surface area contributed by atoms with E-state index in [-0.39, 0.29) is 11.4 Å². The lowest BCUT2D eigenvalue weighted by Crippen LogP contribution is -2.35. The molecule has 172 valence electrons. The number of hydrogen-bond donors (Lipinski definition) is 3. The van der Waals surface area contributed by atoms with Gasteiger partial charge in [0.05, 0.1) is 11.7 Å². The van der Waals surface area contributed by atoms with E-state index in [2.05, 4.69) is 39.0 Å². The predicted molar refractivity (Wildman–Crippen MR) is 128 cm³/mol. The highest BCUT2D eigenvalue weighted by Gasteiger charge is 2.28. The Hall–Kier alpha value is -2.04. The van der Waals surface area contributed by atoms with Crippen LogP contribution in [-0.2, 0) is 0 Å². The Bertz CT molecular complexity index is 842. The lowest BCUT2D eigenvalue weighted by Gasteiger charge is -2.32. The molecule has 0 aliphatic carbocycles. The lowest BCUT2D eigenvalue weighted by molar-refractivity contribution is -0.0509. The number of aromatic hydroxyl groups is 1. The molecule has 2 atom stereocenters. The van der Waals surface area contributed by atoms with Gasteiger partial charge in [0.25, 0.3) is 0 Å². The van der Waals surface area contributed by atoms with Crippen molar-refractivity contribution in [1.29, 1.82) is 0 Å². The van der Waals surface area contributed by atoms with Crippen LogP contribution in [0.4, 0.5) is 0 Å². The second-order valence-corrected chi connectivity index (χ2v) is 9.82. The molecule has 1 heterocycles. The van der Waals surface area contributed by atoms with Gasteiger partial charge in [0.2, 0.25) is 0 Å². The first-order valence-corrected chi connectivity index (χ1v) is 11.3. The standard InChI is InChI=1S/C27H40O4/c1-19(9-7-10-20(2)12-13-24(29)26(4,5)30)11-8-15-27(6)16-14-22-18-23(28)17-21(3)25(22)31-27/h10-11,14,16-18,24,28-30H,7-9,12-13,15H2,1-6H3/b19-11+,20-10+. The van der Waals surface area contributed by atoms with Crippen molar-refractivity contribution in [3.63, 3.8) is 0 Å². The molecule has 1 aliphatic rings. The SMILES string of the molecule is C/C(=C\CCC1(C)C=Cc2cc(O)cc(C)c2O1)CC/C=C(\C)CCC(O)C(C)(C)O. The monoisotopic (exact) mass is 428 g/mol. The fourth-order valence-corrected chi connectivity index (χ4v) is 3.79. The Morgan fingerprint density at radius 2 is 1.77 bits per heavy atom. The molecule has 0 saturated carbocycles. The van der Waals surface area contributed by atoms with Crippen LogP contribution in [-0.4, -0.2) is 32.6 Å². The fraction of sp³-hybridized carbons (Fsp3) is 0.556. The van der Waals surface area contributed by atoms with Gasteiger partial charge in [-0.1, -0.05) is 29.4 Å². The maximum absolute atomic E-state index is 9.94. The van der Waals surface area contributed by atoms with Crippen molar-refractivity contribution in [3.8, 4) is 11.5 Å². The Morgan fingerprint density at radius 3 is 2.45 bits per heavy atom. The van der Waals surface area contributed by atoms with Crippen LogP contribution in [0.15, 0.2) is 41.5 Å². The Balaban J connectivity index is 1.79. The molecule has 4 heteroatoms. The van der Waals surface area contributed by atoms with E-state index in [1.807, 2.05) is 13.0 Å². The average molecular weight is 429 g/mol. The van der Waals surface area contributed by atoms with Crippen LogP contribution in [0.5, 0.6) is 11.5 Å². The molecular weight excluding hydrogens is 388 g/mol. The highest BCUT2D eigenvalue weighted by Crippen LogP contribution is 2.38. The number of aliphatic hydroxyl groups excluding tert-OH is 1. The van der Waals surface area contributed by atoms with Gasteiger partial charge in [-0.2, -0.15) is 0 Å². The molecule has 0 radical (unpaired) electrons. The smallest absolute Gasteiger partial charge is 0.131 e. The van der Waals surface area contributed by atoms with Crippen LogP contribution in [0.25, 0.3) is 6.08 Å². The van der Waals surface area contributed by atoms with Gasteiger partial charge in [-0.25, -0.2) is 0 Å². The van der Waals surface area contributed by atoms with E-state index in [1.54, 1.807) is 26.0 Å². The minimum Gasteiger partial charge on any atom is -0.508 e. The molecule has 2 unspecified atom stereocenters. The molecule has 0 amide bonds. The van der Waals surface area contributed by atoms with Crippen molar-refractivity contribution in [2.24, 2.45) is 0 Å². The molecule has 1 aromatic carbocycles. The lowest BCUT2D eigenvalue weighted by atomic mass is 9.93. The van der Waals surface area contributed by atoms with Crippen LogP contribution in [0, 0.1) is 6.92 Å². The van der Waals surface area contributed by atoms with E-state index in [4.69, 9.17) is 4.74 Å². The summed E-state index contributed by atoms with van der Waals surface area (Å²) in [6.45, 7) is 11.6. The first-order valence-electron chi connectivity index (χ1n) is 11.3. The van der Waals surface area contributed by atoms with Crippen molar-refractivity contribution in [3.05, 3.63) is 52.6 Å². The number of aryl methyl sites for hydroxylation is 1. The minimum atomic E-state index is -1.05. The summed E-state index contributed by atoms with van der Waals surface area (Å²) in [5, 5.41) is 29.5. The topological polar surface area (TPSA) is 69.9 Å². The summed E-state index contributed by atoms with van der Waals surface area (Å²) in [6, 6.07) is 3.48. The van der Waals surface area contributed by atoms with E-state index < -0.39 is 11.7 Å². The van der Waals surface area contributed by atoms with E-state index in [0.29, 0.717) is 6.42 Å². The fourth-order valence-electron chi connectivity index (χ4n) is 3.79. The summed E-state index contributed by atoms with van der Waals surface area (Å²) in [4.78, 5) is 0. The third-order valence-corrected chi connectivity index (χ3v) is 6.03. The quantitative estimate of drug-likeness (QED) is 0.386. The molecule has 31 heavy (non-hydrogen) atoms. The number of aliphatic hydroxyl groups is 2. The van der Waals surface area contributed by atoms with Crippen molar-refractivity contribution in [2.75, 3.05) is 0 Å². The van der Waals surface area contributed by atoms with Gasteiger partial charge in [-0.3, -0.25) is 0 Å². The summed E-state index contributed by atoms with van der Waals surface area (Å²) in [5.74, 6) is 1.13. The molecule has 2 rings (SSSR count). The zero-order chi connectivity index (χ0) is 23.2. The summed E-state index contributed by atoms with van der Waals surface area (Å²) in [6.07, 6.45) is 13.2. The van der Waals surface area contributed by atoms with E-state index in [1.165, 1.54) is 11.1 Å². The number of benzene rings is 1. The molecule has 3 N–H and O–H groups in total. The first kappa shape index (κ1) is 25.2. The Labute approximate surface area is 188 Å². The molecule has 0 aromatic heterocycles. The average Bonchev–Trinajstić information content (AvgIpc) is 2.66. The largest absolute Gasteiger partial charge is 0.508 e. The number of phenols is 1. The highest BCUT2D eigenvalue weighted by molar-refractivity contribution is 5.65. The predicted octanol–water partition coefficient (Wildman–Crippen LogP) is 6.23. The number of rotatable bonds is 10. The summed E-state index contributed by atoms with van der Waals surface area (Å²) >= 11 is 0. The normalized spacial score (nSPS) is 20.4. The van der Waals surface area contributed by atoms with Gasteiger partial charge in [0.15, 0.2) is 0 Å².